The summed E-state index contributed by atoms with van der Waals surface area (Å²) in [4.78, 5) is 34.7. The molecule has 3 aromatic heterocycles. The lowest BCUT2D eigenvalue weighted by atomic mass is 9.97. The molecule has 1 fully saturated rings. The van der Waals surface area contributed by atoms with Crippen LogP contribution in [-0.4, -0.2) is 39.2 Å². The van der Waals surface area contributed by atoms with Gasteiger partial charge in [0, 0.05) is 37.3 Å². The third-order valence-corrected chi connectivity index (χ3v) is 7.76. The molecule has 9 heteroatoms. The average Bonchev–Trinajstić information content (AvgIpc) is 3.63. The Morgan fingerprint density at radius 3 is 2.88 bits per heavy atom. The molecule has 0 aromatic carbocycles. The van der Waals surface area contributed by atoms with Crippen LogP contribution in [0.15, 0.2) is 42.9 Å². The Hall–Kier alpha value is -3.20. The van der Waals surface area contributed by atoms with E-state index in [9.17, 15) is 9.59 Å². The molecule has 0 unspecified atom stereocenters. The van der Waals surface area contributed by atoms with Crippen molar-refractivity contribution in [3.8, 4) is 0 Å². The number of amides is 2. The molecule has 2 N–H and O–H groups in total. The summed E-state index contributed by atoms with van der Waals surface area (Å²) in [6.45, 7) is 1.69. The number of carbonyl (C=O) groups excluding carboxylic acids is 2. The minimum Gasteiger partial charge on any atom is -0.365 e. The average molecular weight is 479 g/mol. The Balaban J connectivity index is 1.24. The summed E-state index contributed by atoms with van der Waals surface area (Å²) in [5.41, 5.74) is 2.94. The van der Waals surface area contributed by atoms with Gasteiger partial charge in [-0.1, -0.05) is 25.7 Å². The van der Waals surface area contributed by atoms with Crippen molar-refractivity contribution in [2.45, 2.75) is 51.1 Å². The van der Waals surface area contributed by atoms with Gasteiger partial charge in [0.25, 0.3) is 5.91 Å². The molecule has 0 bridgehead atoms. The molecule has 3 aromatic rings. The molecule has 2 amide bonds. The van der Waals surface area contributed by atoms with E-state index in [1.165, 1.54) is 29.9 Å². The zero-order valence-electron chi connectivity index (χ0n) is 19.4. The molecule has 0 saturated heterocycles. The van der Waals surface area contributed by atoms with Gasteiger partial charge in [-0.05, 0) is 36.6 Å². The van der Waals surface area contributed by atoms with E-state index < -0.39 is 6.04 Å². The summed E-state index contributed by atoms with van der Waals surface area (Å²) in [6.07, 6.45) is 11.4. The van der Waals surface area contributed by atoms with Gasteiger partial charge < -0.3 is 15.5 Å². The largest absolute Gasteiger partial charge is 0.365 e. The van der Waals surface area contributed by atoms with Crippen LogP contribution < -0.4 is 15.5 Å². The molecule has 34 heavy (non-hydrogen) atoms. The van der Waals surface area contributed by atoms with Crippen molar-refractivity contribution in [3.05, 3.63) is 58.3 Å². The van der Waals surface area contributed by atoms with Gasteiger partial charge in [0.2, 0.25) is 5.91 Å². The number of carbonyl (C=O) groups is 2. The van der Waals surface area contributed by atoms with Crippen LogP contribution >= 0.6 is 11.3 Å². The first-order valence-electron chi connectivity index (χ1n) is 11.9. The van der Waals surface area contributed by atoms with Crippen LogP contribution in [0.3, 0.4) is 0 Å². The molecule has 0 radical (unpaired) electrons. The summed E-state index contributed by atoms with van der Waals surface area (Å²) >= 11 is 1.49. The van der Waals surface area contributed by atoms with Crippen molar-refractivity contribution in [1.29, 1.82) is 0 Å². The first kappa shape index (κ1) is 22.6. The maximum absolute atomic E-state index is 13.1. The number of fused-ring (bicyclic) bond motifs is 1. The fourth-order valence-corrected chi connectivity index (χ4v) is 5.89. The summed E-state index contributed by atoms with van der Waals surface area (Å²) in [7, 11) is 1.80. The van der Waals surface area contributed by atoms with Gasteiger partial charge in [-0.25, -0.2) is 0 Å². The van der Waals surface area contributed by atoms with Crippen LogP contribution in [0, 0.1) is 5.92 Å². The Morgan fingerprint density at radius 2 is 2.09 bits per heavy atom. The van der Waals surface area contributed by atoms with Gasteiger partial charge in [-0.15, -0.1) is 11.3 Å². The number of pyridine rings is 1. The molecule has 1 aliphatic carbocycles. The van der Waals surface area contributed by atoms with Crippen molar-refractivity contribution < 1.29 is 9.59 Å². The second-order valence-corrected chi connectivity index (χ2v) is 10.4. The Labute approximate surface area is 203 Å². The number of nitrogens with zero attached hydrogens (tertiary/aromatic N) is 4. The van der Waals surface area contributed by atoms with Crippen LogP contribution in [0.4, 0.5) is 11.4 Å². The molecule has 5 rings (SSSR count). The molecule has 1 aliphatic heterocycles. The molecule has 178 valence electrons. The summed E-state index contributed by atoms with van der Waals surface area (Å²) in [6, 6.07) is 7.37. The Bertz CT molecular complexity index is 1170. The molecule has 4 heterocycles. The van der Waals surface area contributed by atoms with Gasteiger partial charge in [0.15, 0.2) is 0 Å². The van der Waals surface area contributed by atoms with E-state index in [4.69, 9.17) is 0 Å². The first-order chi connectivity index (χ1) is 16.5. The monoisotopic (exact) mass is 478 g/mol. The third-order valence-electron chi connectivity index (χ3n) is 6.70. The quantitative estimate of drug-likeness (QED) is 0.514. The lowest BCUT2D eigenvalue weighted by Gasteiger charge is -2.21. The SMILES string of the molecule is Cn1cc(NC(=O)[C@H](CC2CCCC2)NC(=O)c2ccc(CN3CCc4ncccc43)s2)cn1. The molecule has 1 atom stereocenters. The lowest BCUT2D eigenvalue weighted by molar-refractivity contribution is -0.118. The van der Waals surface area contributed by atoms with Gasteiger partial charge in [0.1, 0.15) is 6.04 Å². The Kier molecular flexibility index (Phi) is 6.62. The lowest BCUT2D eigenvalue weighted by Crippen LogP contribution is -2.44. The van der Waals surface area contributed by atoms with Crippen LogP contribution in [0.5, 0.6) is 0 Å². The van der Waals surface area contributed by atoms with Gasteiger partial charge in [-0.3, -0.25) is 19.3 Å². The van der Waals surface area contributed by atoms with Crippen LogP contribution in [-0.2, 0) is 24.8 Å². The van der Waals surface area contributed by atoms with E-state index in [0.717, 1.165) is 42.9 Å². The van der Waals surface area contributed by atoms with E-state index in [2.05, 4.69) is 31.7 Å². The highest BCUT2D eigenvalue weighted by Gasteiger charge is 2.28. The fraction of sp³-hybridized carbons (Fsp3) is 0.440. The van der Waals surface area contributed by atoms with E-state index in [1.54, 1.807) is 24.1 Å². The smallest absolute Gasteiger partial charge is 0.262 e. The maximum Gasteiger partial charge on any atom is 0.262 e. The van der Waals surface area contributed by atoms with Crippen LogP contribution in [0.2, 0.25) is 0 Å². The summed E-state index contributed by atoms with van der Waals surface area (Å²) < 4.78 is 1.64. The number of nitrogens with one attached hydrogen (secondary N) is 2. The van der Waals surface area contributed by atoms with E-state index >= 15 is 0 Å². The van der Waals surface area contributed by atoms with Crippen LogP contribution in [0.1, 0.15) is 52.3 Å². The van der Waals surface area contributed by atoms with E-state index in [0.29, 0.717) is 22.9 Å². The maximum atomic E-state index is 13.1. The number of hydrogen-bond donors (Lipinski definition) is 2. The minimum absolute atomic E-state index is 0.189. The van der Waals surface area contributed by atoms with Crippen molar-refractivity contribution in [1.82, 2.24) is 20.1 Å². The number of anilines is 2. The van der Waals surface area contributed by atoms with Crippen molar-refractivity contribution in [3.63, 3.8) is 0 Å². The van der Waals surface area contributed by atoms with Gasteiger partial charge in [-0.2, -0.15) is 5.10 Å². The van der Waals surface area contributed by atoms with E-state index in [1.807, 2.05) is 24.4 Å². The number of rotatable bonds is 8. The van der Waals surface area contributed by atoms with Crippen LogP contribution in [0.25, 0.3) is 0 Å². The predicted molar refractivity (Wildman–Crippen MR) is 133 cm³/mol. The second kappa shape index (κ2) is 9.97. The summed E-state index contributed by atoms with van der Waals surface area (Å²) in [5.74, 6) is 0.0861. The van der Waals surface area contributed by atoms with Crippen molar-refractivity contribution >= 4 is 34.5 Å². The topological polar surface area (TPSA) is 92.2 Å². The minimum atomic E-state index is -0.571. The molecule has 1 saturated carbocycles. The van der Waals surface area contributed by atoms with Crippen molar-refractivity contribution in [2.75, 3.05) is 16.8 Å². The van der Waals surface area contributed by atoms with Gasteiger partial charge in [0.05, 0.1) is 34.7 Å². The predicted octanol–water partition coefficient (Wildman–Crippen LogP) is 3.76. The van der Waals surface area contributed by atoms with Gasteiger partial charge >= 0.3 is 0 Å². The normalized spacial score (nSPS) is 16.4. The zero-order valence-corrected chi connectivity index (χ0v) is 20.2. The number of thiophene rings is 1. The molecular formula is C25H30N6O2S. The number of hydrogen-bond acceptors (Lipinski definition) is 6. The highest BCUT2D eigenvalue weighted by Crippen LogP contribution is 2.30. The summed E-state index contributed by atoms with van der Waals surface area (Å²) in [5, 5.41) is 10.0. The molecular weight excluding hydrogens is 448 g/mol. The molecule has 2 aliphatic rings. The highest BCUT2D eigenvalue weighted by molar-refractivity contribution is 7.14. The zero-order chi connectivity index (χ0) is 23.5. The first-order valence-corrected chi connectivity index (χ1v) is 12.7. The van der Waals surface area contributed by atoms with Crippen molar-refractivity contribution in [2.24, 2.45) is 13.0 Å². The fourth-order valence-electron chi connectivity index (χ4n) is 4.96. The molecule has 8 nitrogen and oxygen atoms in total. The van der Waals surface area contributed by atoms with E-state index in [-0.39, 0.29) is 11.8 Å². The number of aromatic nitrogens is 3. The standard InChI is InChI=1S/C25H30N6O2S/c1-30-15-18(14-27-30)28-24(32)21(13-17-5-2-3-6-17)29-25(33)23-9-8-19(34-23)16-31-12-10-20-22(31)7-4-11-26-20/h4,7-9,11,14-15,17,21H,2-3,5-6,10,12-13,16H2,1H3,(H,28,32)(H,29,33)/t21-/m0/s1. The third kappa shape index (κ3) is 5.14. The second-order valence-electron chi connectivity index (χ2n) is 9.21. The Morgan fingerprint density at radius 1 is 1.24 bits per heavy atom. The number of aryl methyl sites for hydroxylation is 1. The molecule has 0 spiro atoms. The highest BCUT2D eigenvalue weighted by atomic mass is 32.1.